The van der Waals surface area contributed by atoms with Crippen molar-refractivity contribution in [2.75, 3.05) is 6.61 Å². The minimum absolute atomic E-state index is 0. The van der Waals surface area contributed by atoms with Gasteiger partial charge in [-0.05, 0) is 68.7 Å². The van der Waals surface area contributed by atoms with Gasteiger partial charge in [0.05, 0.1) is 11.5 Å². The number of halogens is 1. The quantitative estimate of drug-likeness (QED) is 0.761. The molecule has 3 rings (SSSR count). The Morgan fingerprint density at radius 2 is 1.58 bits per heavy atom. The molecule has 0 saturated heterocycles. The average molecular weight is 403 g/mol. The second kappa shape index (κ2) is 9.93. The third kappa shape index (κ3) is 6.12. The van der Waals surface area contributed by atoms with Gasteiger partial charge in [0.1, 0.15) is 5.75 Å². The fourth-order valence-corrected chi connectivity index (χ4v) is 5.11. The summed E-state index contributed by atoms with van der Waals surface area (Å²) in [5.74, 6) is 1.38. The molecule has 1 aromatic carbocycles. The zero-order valence-electron chi connectivity index (χ0n) is 15.2. The van der Waals surface area contributed by atoms with Crippen LogP contribution in [0.1, 0.15) is 57.8 Å². The molecule has 0 atom stereocenters. The lowest BCUT2D eigenvalue weighted by atomic mass is 9.90. The monoisotopic (exact) mass is 402 g/mol. The van der Waals surface area contributed by atoms with E-state index < -0.39 is 10.0 Å². The van der Waals surface area contributed by atoms with Crippen LogP contribution < -0.4 is 15.2 Å². The molecule has 0 bridgehead atoms. The van der Waals surface area contributed by atoms with Crippen molar-refractivity contribution in [3.05, 3.63) is 24.3 Å². The highest BCUT2D eigenvalue weighted by Gasteiger charge is 2.24. The molecule has 2 saturated carbocycles. The normalized spacial score (nSPS) is 24.7. The first kappa shape index (κ1) is 21.5. The minimum atomic E-state index is -3.48. The number of hydrogen-bond donors (Lipinski definition) is 2. The summed E-state index contributed by atoms with van der Waals surface area (Å²) >= 11 is 0. The van der Waals surface area contributed by atoms with Crippen LogP contribution in [0.4, 0.5) is 0 Å². The van der Waals surface area contributed by atoms with Crippen molar-refractivity contribution in [1.82, 2.24) is 4.72 Å². The number of sulfonamides is 1. The molecule has 2 aliphatic carbocycles. The number of hydrogen-bond acceptors (Lipinski definition) is 4. The first-order valence-corrected chi connectivity index (χ1v) is 11.0. The molecule has 5 nitrogen and oxygen atoms in total. The van der Waals surface area contributed by atoms with Gasteiger partial charge in [0.15, 0.2) is 0 Å². The first-order valence-electron chi connectivity index (χ1n) is 9.54. The number of nitrogens with two attached hydrogens (primary N) is 1. The van der Waals surface area contributed by atoms with E-state index in [0.717, 1.165) is 38.0 Å². The Balaban J connectivity index is 0.00000243. The molecular formula is C19H31ClN2O3S. The van der Waals surface area contributed by atoms with E-state index in [2.05, 4.69) is 4.72 Å². The lowest BCUT2D eigenvalue weighted by Crippen LogP contribution is -2.40. The molecule has 0 heterocycles. The lowest BCUT2D eigenvalue weighted by molar-refractivity contribution is 0.209. The van der Waals surface area contributed by atoms with E-state index in [0.29, 0.717) is 10.8 Å². The number of rotatable bonds is 6. The van der Waals surface area contributed by atoms with Crippen LogP contribution in [0.25, 0.3) is 0 Å². The van der Waals surface area contributed by atoms with Crippen LogP contribution in [-0.2, 0) is 10.0 Å². The molecule has 7 heteroatoms. The molecule has 3 N–H and O–H groups in total. The molecule has 2 aliphatic rings. The summed E-state index contributed by atoms with van der Waals surface area (Å²) in [4.78, 5) is 0.299. The van der Waals surface area contributed by atoms with Gasteiger partial charge in [0.2, 0.25) is 10.0 Å². The molecule has 0 aliphatic heterocycles. The molecule has 1 aromatic rings. The third-order valence-electron chi connectivity index (χ3n) is 5.44. The second-order valence-corrected chi connectivity index (χ2v) is 9.23. The van der Waals surface area contributed by atoms with Crippen LogP contribution in [0, 0.1) is 5.92 Å². The topological polar surface area (TPSA) is 81.4 Å². The van der Waals surface area contributed by atoms with Crippen molar-refractivity contribution in [1.29, 1.82) is 0 Å². The summed E-state index contributed by atoms with van der Waals surface area (Å²) in [6.45, 7) is 0.729. The fraction of sp³-hybridized carbons (Fsp3) is 0.684. The smallest absolute Gasteiger partial charge is 0.240 e. The molecule has 0 aromatic heterocycles. The third-order valence-corrected chi connectivity index (χ3v) is 6.97. The van der Waals surface area contributed by atoms with E-state index in [1.54, 1.807) is 24.3 Å². The summed E-state index contributed by atoms with van der Waals surface area (Å²) in [6.07, 6.45) is 9.77. The molecule has 26 heavy (non-hydrogen) atoms. The van der Waals surface area contributed by atoms with Crippen molar-refractivity contribution in [3.63, 3.8) is 0 Å². The zero-order chi connectivity index (χ0) is 17.7. The maximum atomic E-state index is 12.5. The van der Waals surface area contributed by atoms with Crippen molar-refractivity contribution in [2.45, 2.75) is 74.8 Å². The van der Waals surface area contributed by atoms with Crippen molar-refractivity contribution in [3.8, 4) is 5.75 Å². The van der Waals surface area contributed by atoms with Crippen LogP contribution in [-0.4, -0.2) is 27.1 Å². The molecule has 2 fully saturated rings. The van der Waals surface area contributed by atoms with Gasteiger partial charge < -0.3 is 10.5 Å². The molecular weight excluding hydrogens is 372 g/mol. The van der Waals surface area contributed by atoms with Crippen LogP contribution >= 0.6 is 12.4 Å². The fourth-order valence-electron chi connectivity index (χ4n) is 3.81. The molecule has 0 spiro atoms. The maximum absolute atomic E-state index is 12.5. The van der Waals surface area contributed by atoms with Gasteiger partial charge >= 0.3 is 0 Å². The van der Waals surface area contributed by atoms with Gasteiger partial charge in [-0.2, -0.15) is 0 Å². The van der Waals surface area contributed by atoms with Crippen LogP contribution in [0.15, 0.2) is 29.2 Å². The van der Waals surface area contributed by atoms with Gasteiger partial charge in [-0.15, -0.1) is 12.4 Å². The number of nitrogens with one attached hydrogen (secondary N) is 1. The maximum Gasteiger partial charge on any atom is 0.240 e. The van der Waals surface area contributed by atoms with Gasteiger partial charge in [0.25, 0.3) is 0 Å². The van der Waals surface area contributed by atoms with Gasteiger partial charge in [-0.1, -0.05) is 19.3 Å². The summed E-state index contributed by atoms with van der Waals surface area (Å²) in [7, 11) is -3.48. The zero-order valence-corrected chi connectivity index (χ0v) is 16.9. The van der Waals surface area contributed by atoms with Crippen LogP contribution in [0.2, 0.25) is 0 Å². The van der Waals surface area contributed by atoms with E-state index in [1.807, 2.05) is 0 Å². The van der Waals surface area contributed by atoms with E-state index in [-0.39, 0.29) is 24.5 Å². The Morgan fingerprint density at radius 1 is 0.962 bits per heavy atom. The largest absolute Gasteiger partial charge is 0.493 e. The van der Waals surface area contributed by atoms with E-state index in [4.69, 9.17) is 10.5 Å². The highest BCUT2D eigenvalue weighted by Crippen LogP contribution is 2.25. The highest BCUT2D eigenvalue weighted by atomic mass is 35.5. The van der Waals surface area contributed by atoms with E-state index in [9.17, 15) is 8.42 Å². The molecule has 0 unspecified atom stereocenters. The van der Waals surface area contributed by atoms with Gasteiger partial charge in [0, 0.05) is 12.1 Å². The Labute approximate surface area is 163 Å². The Hall–Kier alpha value is -0.820. The lowest BCUT2D eigenvalue weighted by Gasteiger charge is -2.26. The van der Waals surface area contributed by atoms with E-state index in [1.165, 1.54) is 32.1 Å². The predicted molar refractivity (Wildman–Crippen MR) is 106 cm³/mol. The first-order chi connectivity index (χ1) is 12.0. The summed E-state index contributed by atoms with van der Waals surface area (Å²) in [5.41, 5.74) is 5.88. The van der Waals surface area contributed by atoms with Crippen molar-refractivity contribution >= 4 is 22.4 Å². The van der Waals surface area contributed by atoms with Gasteiger partial charge in [-0.3, -0.25) is 0 Å². The Morgan fingerprint density at radius 3 is 2.19 bits per heavy atom. The summed E-state index contributed by atoms with van der Waals surface area (Å²) in [5, 5.41) is 0. The second-order valence-electron chi connectivity index (χ2n) is 7.52. The highest BCUT2D eigenvalue weighted by molar-refractivity contribution is 7.89. The van der Waals surface area contributed by atoms with Crippen molar-refractivity contribution in [2.24, 2.45) is 11.7 Å². The SMILES string of the molecule is Cl.NC1CCC(NS(=O)(=O)c2ccc(OCC3CCCCC3)cc2)CC1. The standard InChI is InChI=1S/C19H30N2O3S.ClH/c20-16-6-8-17(9-7-16)21-25(22,23)19-12-10-18(11-13-19)24-14-15-4-2-1-3-5-15;/h10-13,15-17,21H,1-9,14,20H2;1H. The minimum Gasteiger partial charge on any atom is -0.493 e. The number of benzene rings is 1. The summed E-state index contributed by atoms with van der Waals surface area (Å²) in [6, 6.07) is 6.98. The predicted octanol–water partition coefficient (Wildman–Crippen LogP) is 3.62. The van der Waals surface area contributed by atoms with E-state index >= 15 is 0 Å². The summed E-state index contributed by atoms with van der Waals surface area (Å²) < 4.78 is 33.7. The molecule has 0 radical (unpaired) electrons. The van der Waals surface area contributed by atoms with Gasteiger partial charge in [-0.25, -0.2) is 13.1 Å². The number of ether oxygens (including phenoxy) is 1. The molecule has 0 amide bonds. The Bertz CT molecular complexity index is 637. The molecule has 148 valence electrons. The van der Waals surface area contributed by atoms with Crippen LogP contribution in [0.5, 0.6) is 5.75 Å². The average Bonchev–Trinajstić information content (AvgIpc) is 2.63. The van der Waals surface area contributed by atoms with Crippen LogP contribution in [0.3, 0.4) is 0 Å². The Kier molecular flexibility index (Phi) is 8.20. The van der Waals surface area contributed by atoms with Crippen molar-refractivity contribution < 1.29 is 13.2 Å².